The van der Waals surface area contributed by atoms with Crippen LogP contribution >= 0.6 is 23.2 Å². The predicted octanol–water partition coefficient (Wildman–Crippen LogP) is 3.36. The average Bonchev–Trinajstić information content (AvgIpc) is 2.87. The Kier molecular flexibility index (Phi) is 4.90. The van der Waals surface area contributed by atoms with Gasteiger partial charge in [0, 0.05) is 28.7 Å². The molecule has 0 N–H and O–H groups in total. The van der Waals surface area contributed by atoms with Crippen molar-refractivity contribution in [2.24, 2.45) is 0 Å². The number of nitrogens with zero attached hydrogens (tertiary/aromatic N) is 2. The lowest BCUT2D eigenvalue weighted by atomic mass is 10.1. The molecule has 0 aliphatic carbocycles. The molecule has 0 radical (unpaired) electrons. The second-order valence-electron chi connectivity index (χ2n) is 5.54. The summed E-state index contributed by atoms with van der Waals surface area (Å²) in [5.41, 5.74) is 1.06. The van der Waals surface area contributed by atoms with Crippen LogP contribution in [0.5, 0.6) is 0 Å². The smallest absolute Gasteiger partial charge is 0.248 e. The van der Waals surface area contributed by atoms with E-state index in [4.69, 9.17) is 32.5 Å². The minimum absolute atomic E-state index is 0.116. The zero-order valence-electron chi connectivity index (χ0n) is 13.1. The number of aromatic nitrogens is 1. The number of halogens is 2. The molecule has 1 fully saturated rings. The molecule has 1 unspecified atom stereocenters. The topological polar surface area (TPSA) is 72.6 Å². The van der Waals surface area contributed by atoms with Gasteiger partial charge in [-0.15, -0.1) is 0 Å². The van der Waals surface area contributed by atoms with Crippen molar-refractivity contribution in [3.05, 3.63) is 45.3 Å². The Balaban J connectivity index is 1.91. The second kappa shape index (κ2) is 6.65. The first-order valence-corrected chi connectivity index (χ1v) is 9.50. The molecule has 1 aliphatic rings. The van der Waals surface area contributed by atoms with E-state index >= 15 is 0 Å². The van der Waals surface area contributed by atoms with Gasteiger partial charge in [-0.3, -0.25) is 0 Å². The fraction of sp³-hybridized carbons (Fsp3) is 0.400. The van der Waals surface area contributed by atoms with Crippen molar-refractivity contribution in [2.75, 3.05) is 19.7 Å². The number of benzene rings is 1. The van der Waals surface area contributed by atoms with Gasteiger partial charge in [-0.2, -0.15) is 4.31 Å². The molecule has 3 rings (SSSR count). The van der Waals surface area contributed by atoms with E-state index in [0.717, 1.165) is 0 Å². The van der Waals surface area contributed by atoms with Crippen molar-refractivity contribution in [2.45, 2.75) is 24.8 Å². The zero-order chi connectivity index (χ0) is 17.5. The molecule has 1 atom stereocenters. The van der Waals surface area contributed by atoms with E-state index < -0.39 is 16.1 Å². The molecule has 1 saturated heterocycles. The third-order valence-electron chi connectivity index (χ3n) is 3.90. The number of hydrogen-bond donors (Lipinski definition) is 0. The van der Waals surface area contributed by atoms with Crippen molar-refractivity contribution >= 4 is 33.2 Å². The van der Waals surface area contributed by atoms with Gasteiger partial charge in [0.05, 0.1) is 12.7 Å². The lowest BCUT2D eigenvalue weighted by Crippen LogP contribution is -2.42. The Bertz CT molecular complexity index is 847. The molecule has 1 aliphatic heterocycles. The Morgan fingerprint density at radius 2 is 2.04 bits per heavy atom. The van der Waals surface area contributed by atoms with Crippen LogP contribution in [0.3, 0.4) is 0 Å². The number of rotatable bonds is 3. The van der Waals surface area contributed by atoms with Crippen LogP contribution in [0, 0.1) is 13.8 Å². The molecule has 6 nitrogen and oxygen atoms in total. The van der Waals surface area contributed by atoms with E-state index in [-0.39, 0.29) is 30.4 Å². The van der Waals surface area contributed by atoms with Crippen molar-refractivity contribution < 1.29 is 17.7 Å². The predicted molar refractivity (Wildman–Crippen MR) is 89.9 cm³/mol. The highest BCUT2D eigenvalue weighted by atomic mass is 35.5. The second-order valence-corrected chi connectivity index (χ2v) is 8.26. The van der Waals surface area contributed by atoms with Crippen LogP contribution < -0.4 is 0 Å². The van der Waals surface area contributed by atoms with Crippen molar-refractivity contribution in [3.63, 3.8) is 0 Å². The Morgan fingerprint density at radius 3 is 2.67 bits per heavy atom. The highest BCUT2D eigenvalue weighted by molar-refractivity contribution is 7.89. The third-order valence-corrected chi connectivity index (χ3v) is 6.58. The van der Waals surface area contributed by atoms with Crippen LogP contribution in [0.4, 0.5) is 0 Å². The lowest BCUT2D eigenvalue weighted by Gasteiger charge is -2.32. The normalized spacial score (nSPS) is 19.6. The maximum Gasteiger partial charge on any atom is 0.248 e. The SMILES string of the molecule is Cc1noc(C)c1S(=O)(=O)N1CCOC(c2ccc(Cl)cc2Cl)C1. The van der Waals surface area contributed by atoms with E-state index in [1.54, 1.807) is 32.0 Å². The number of aryl methyl sites for hydroxylation is 2. The molecule has 0 amide bonds. The molecular formula is C15H16Cl2N2O4S. The Morgan fingerprint density at radius 1 is 1.29 bits per heavy atom. The van der Waals surface area contributed by atoms with Crippen LogP contribution in [-0.4, -0.2) is 37.6 Å². The standard InChI is InChI=1S/C15H16Cl2N2O4S/c1-9-15(10(2)23-18-9)24(20,21)19-5-6-22-14(8-19)12-4-3-11(16)7-13(12)17/h3-4,7,14H,5-6,8H2,1-2H3. The summed E-state index contributed by atoms with van der Waals surface area (Å²) >= 11 is 12.1. The molecule has 0 saturated carbocycles. The van der Waals surface area contributed by atoms with Gasteiger partial charge in [-0.25, -0.2) is 8.42 Å². The highest BCUT2D eigenvalue weighted by Gasteiger charge is 2.35. The highest BCUT2D eigenvalue weighted by Crippen LogP contribution is 2.33. The van der Waals surface area contributed by atoms with Crippen LogP contribution in [0.15, 0.2) is 27.6 Å². The van der Waals surface area contributed by atoms with E-state index in [9.17, 15) is 8.42 Å². The molecule has 24 heavy (non-hydrogen) atoms. The van der Waals surface area contributed by atoms with Gasteiger partial charge in [0.2, 0.25) is 10.0 Å². The van der Waals surface area contributed by atoms with E-state index in [2.05, 4.69) is 5.16 Å². The summed E-state index contributed by atoms with van der Waals surface area (Å²) in [7, 11) is -3.71. The summed E-state index contributed by atoms with van der Waals surface area (Å²) in [6, 6.07) is 5.07. The minimum atomic E-state index is -3.71. The largest absolute Gasteiger partial charge is 0.371 e. The maximum absolute atomic E-state index is 12.9. The number of morpholine rings is 1. The van der Waals surface area contributed by atoms with Gasteiger partial charge in [-0.05, 0) is 26.0 Å². The molecular weight excluding hydrogens is 375 g/mol. The average molecular weight is 391 g/mol. The summed E-state index contributed by atoms with van der Waals surface area (Å²) in [5, 5.41) is 4.69. The molecule has 9 heteroatoms. The molecule has 2 heterocycles. The summed E-state index contributed by atoms with van der Waals surface area (Å²) in [6.45, 7) is 3.88. The molecule has 0 spiro atoms. The van der Waals surface area contributed by atoms with Crippen LogP contribution in [0.1, 0.15) is 23.1 Å². The number of sulfonamides is 1. The van der Waals surface area contributed by atoms with Gasteiger partial charge in [-0.1, -0.05) is 34.4 Å². The van der Waals surface area contributed by atoms with E-state index in [1.165, 1.54) is 4.31 Å². The number of ether oxygens (including phenoxy) is 1. The number of hydrogen-bond acceptors (Lipinski definition) is 5. The van der Waals surface area contributed by atoms with Crippen LogP contribution in [0.2, 0.25) is 10.0 Å². The van der Waals surface area contributed by atoms with Crippen molar-refractivity contribution in [1.82, 2.24) is 9.46 Å². The molecule has 0 bridgehead atoms. The van der Waals surface area contributed by atoms with Gasteiger partial charge in [0.1, 0.15) is 10.6 Å². The fourth-order valence-electron chi connectivity index (χ4n) is 2.77. The molecule has 1 aromatic carbocycles. The molecule has 2 aromatic rings. The summed E-state index contributed by atoms with van der Waals surface area (Å²) in [5.74, 6) is 0.278. The van der Waals surface area contributed by atoms with Crippen molar-refractivity contribution in [1.29, 1.82) is 0 Å². The first kappa shape index (κ1) is 17.7. The Hall–Kier alpha value is -1.12. The first-order valence-electron chi connectivity index (χ1n) is 7.30. The summed E-state index contributed by atoms with van der Waals surface area (Å²) in [6.07, 6.45) is -0.459. The first-order chi connectivity index (χ1) is 11.3. The lowest BCUT2D eigenvalue weighted by molar-refractivity contribution is -0.00252. The van der Waals surface area contributed by atoms with Crippen LogP contribution in [0.25, 0.3) is 0 Å². The van der Waals surface area contributed by atoms with Gasteiger partial charge >= 0.3 is 0 Å². The quantitative estimate of drug-likeness (QED) is 0.802. The summed E-state index contributed by atoms with van der Waals surface area (Å²) < 4.78 is 37.9. The van der Waals surface area contributed by atoms with Crippen molar-refractivity contribution in [3.8, 4) is 0 Å². The monoisotopic (exact) mass is 390 g/mol. The zero-order valence-corrected chi connectivity index (χ0v) is 15.5. The minimum Gasteiger partial charge on any atom is -0.371 e. The fourth-order valence-corrected chi connectivity index (χ4v) is 5.01. The third kappa shape index (κ3) is 3.19. The van der Waals surface area contributed by atoms with Gasteiger partial charge in [0.15, 0.2) is 5.76 Å². The Labute approximate surface area is 150 Å². The molecule has 130 valence electrons. The maximum atomic E-state index is 12.9. The van der Waals surface area contributed by atoms with E-state index in [1.807, 2.05) is 0 Å². The van der Waals surface area contributed by atoms with Crippen LogP contribution in [-0.2, 0) is 14.8 Å². The molecule has 1 aromatic heterocycles. The van der Waals surface area contributed by atoms with Gasteiger partial charge in [0.25, 0.3) is 0 Å². The summed E-state index contributed by atoms with van der Waals surface area (Å²) in [4.78, 5) is 0.116. The van der Waals surface area contributed by atoms with E-state index in [0.29, 0.717) is 21.3 Å². The van der Waals surface area contributed by atoms with Gasteiger partial charge < -0.3 is 9.26 Å².